The first-order valence-corrected chi connectivity index (χ1v) is 7.85. The van der Waals surface area contributed by atoms with Crippen LogP contribution < -0.4 is 5.32 Å². The van der Waals surface area contributed by atoms with Gasteiger partial charge in [0.25, 0.3) is 0 Å². The molecule has 1 rings (SSSR count). The molecule has 0 aromatic heterocycles. The van der Waals surface area contributed by atoms with Gasteiger partial charge in [-0.2, -0.15) is 5.26 Å². The second-order valence-electron chi connectivity index (χ2n) is 4.26. The van der Waals surface area contributed by atoms with Crippen molar-refractivity contribution in [3.05, 3.63) is 46.1 Å². The van der Waals surface area contributed by atoms with Crippen LogP contribution in [-0.2, 0) is 4.79 Å². The Morgan fingerprint density at radius 1 is 1.45 bits per heavy atom. The number of nitrogens with one attached hydrogen (secondary N) is 1. The van der Waals surface area contributed by atoms with E-state index in [2.05, 4.69) is 5.32 Å². The first kappa shape index (κ1) is 16.6. The van der Waals surface area contributed by atoms with Crippen LogP contribution in [0.15, 0.2) is 35.5 Å². The Hall–Kier alpha value is -1.44. The Morgan fingerprint density at radius 2 is 2.05 bits per heavy atom. The van der Waals surface area contributed by atoms with Gasteiger partial charge in [-0.15, -0.1) is 0 Å². The van der Waals surface area contributed by atoms with Crippen molar-refractivity contribution in [2.24, 2.45) is 0 Å². The number of nitrogens with zero attached hydrogens (tertiary/aromatic N) is 1. The van der Waals surface area contributed by atoms with E-state index in [4.69, 9.17) is 16.9 Å². The highest BCUT2D eigenvalue weighted by molar-refractivity contribution is 8.13. The third-order valence-corrected chi connectivity index (χ3v) is 3.77. The van der Waals surface area contributed by atoms with E-state index in [1.54, 1.807) is 13.2 Å². The molecule has 0 amide bonds. The molecule has 0 aliphatic carbocycles. The van der Waals surface area contributed by atoms with E-state index in [9.17, 15) is 4.79 Å². The Morgan fingerprint density at radius 3 is 2.50 bits per heavy atom. The zero-order valence-corrected chi connectivity index (χ0v) is 13.3. The molecule has 0 aliphatic rings. The SMILES string of the molecule is CCC(NC(C)=C(C#N)C(=O)SC)c1ccc(Cl)cc1. The van der Waals surface area contributed by atoms with Gasteiger partial charge in [0, 0.05) is 10.7 Å². The number of halogens is 1. The lowest BCUT2D eigenvalue weighted by Gasteiger charge is -2.20. The van der Waals surface area contributed by atoms with Gasteiger partial charge in [0.05, 0.1) is 6.04 Å². The second-order valence-corrected chi connectivity index (χ2v) is 5.48. The van der Waals surface area contributed by atoms with Crippen molar-refractivity contribution in [1.29, 1.82) is 5.26 Å². The number of benzene rings is 1. The molecule has 1 aromatic carbocycles. The maximum atomic E-state index is 11.7. The molecule has 1 N–H and O–H groups in total. The highest BCUT2D eigenvalue weighted by atomic mass is 35.5. The predicted molar refractivity (Wildman–Crippen MR) is 84.5 cm³/mol. The van der Waals surface area contributed by atoms with Crippen LogP contribution in [0.4, 0.5) is 0 Å². The maximum absolute atomic E-state index is 11.7. The summed E-state index contributed by atoms with van der Waals surface area (Å²) in [6.07, 6.45) is 2.51. The van der Waals surface area contributed by atoms with Gasteiger partial charge in [-0.05, 0) is 37.3 Å². The van der Waals surface area contributed by atoms with Crippen molar-refractivity contribution in [2.45, 2.75) is 26.3 Å². The number of allylic oxidation sites excluding steroid dienone is 1. The molecule has 0 saturated heterocycles. The van der Waals surface area contributed by atoms with Crippen LogP contribution in [-0.4, -0.2) is 11.4 Å². The van der Waals surface area contributed by atoms with Crippen molar-refractivity contribution < 1.29 is 4.79 Å². The number of thioether (sulfide) groups is 1. The van der Waals surface area contributed by atoms with Gasteiger partial charge in [0.1, 0.15) is 11.6 Å². The Labute approximate surface area is 129 Å². The smallest absolute Gasteiger partial charge is 0.231 e. The predicted octanol–water partition coefficient (Wildman–Crippen LogP) is 4.07. The second kappa shape index (κ2) is 7.98. The summed E-state index contributed by atoms with van der Waals surface area (Å²) in [7, 11) is 0. The minimum absolute atomic E-state index is 0.0465. The lowest BCUT2D eigenvalue weighted by atomic mass is 10.0. The molecule has 0 radical (unpaired) electrons. The average Bonchev–Trinajstić information content (AvgIpc) is 2.46. The zero-order valence-electron chi connectivity index (χ0n) is 11.7. The number of nitriles is 1. The van der Waals surface area contributed by atoms with E-state index in [1.807, 2.05) is 37.3 Å². The molecule has 3 nitrogen and oxygen atoms in total. The Balaban J connectivity index is 2.98. The molecule has 1 aromatic rings. The molecule has 5 heteroatoms. The fourth-order valence-corrected chi connectivity index (χ4v) is 2.36. The summed E-state index contributed by atoms with van der Waals surface area (Å²) in [5.41, 5.74) is 1.85. The van der Waals surface area contributed by atoms with E-state index in [1.165, 1.54) is 0 Å². The molecule has 106 valence electrons. The summed E-state index contributed by atoms with van der Waals surface area (Å²) in [4.78, 5) is 11.7. The lowest BCUT2D eigenvalue weighted by Crippen LogP contribution is -2.21. The van der Waals surface area contributed by atoms with Crippen molar-refractivity contribution >= 4 is 28.5 Å². The normalized spacial score (nSPS) is 13.2. The minimum atomic E-state index is -0.219. The third kappa shape index (κ3) is 4.29. The summed E-state index contributed by atoms with van der Waals surface area (Å²) >= 11 is 6.92. The fraction of sp³-hybridized carbons (Fsp3) is 0.333. The monoisotopic (exact) mass is 308 g/mol. The Kier molecular flexibility index (Phi) is 6.63. The van der Waals surface area contributed by atoms with Crippen molar-refractivity contribution in [3.63, 3.8) is 0 Å². The number of hydrogen-bond acceptors (Lipinski definition) is 4. The standard InChI is InChI=1S/C15H17ClN2OS/c1-4-14(11-5-7-12(16)8-6-11)18-10(2)13(9-17)15(19)20-3/h5-8,14,18H,4H2,1-3H3. The zero-order chi connectivity index (χ0) is 15.1. The molecule has 1 unspecified atom stereocenters. The first-order chi connectivity index (χ1) is 9.53. The first-order valence-electron chi connectivity index (χ1n) is 6.24. The minimum Gasteiger partial charge on any atom is -0.381 e. The molecule has 1 atom stereocenters. The van der Waals surface area contributed by atoms with Gasteiger partial charge in [-0.1, -0.05) is 42.4 Å². The maximum Gasteiger partial charge on any atom is 0.231 e. The van der Waals surface area contributed by atoms with Gasteiger partial charge in [-0.25, -0.2) is 0 Å². The van der Waals surface area contributed by atoms with E-state index >= 15 is 0 Å². The summed E-state index contributed by atoms with van der Waals surface area (Å²) < 4.78 is 0. The average molecular weight is 309 g/mol. The molecule has 20 heavy (non-hydrogen) atoms. The quantitative estimate of drug-likeness (QED) is 0.658. The van der Waals surface area contributed by atoms with E-state index in [-0.39, 0.29) is 16.7 Å². The van der Waals surface area contributed by atoms with E-state index in [0.29, 0.717) is 10.7 Å². The van der Waals surface area contributed by atoms with Crippen LogP contribution in [0, 0.1) is 11.3 Å². The van der Waals surface area contributed by atoms with Crippen LogP contribution in [0.2, 0.25) is 5.02 Å². The number of carbonyl (C=O) groups is 1. The molecular weight excluding hydrogens is 292 g/mol. The van der Waals surface area contributed by atoms with Gasteiger partial charge < -0.3 is 5.32 Å². The topological polar surface area (TPSA) is 52.9 Å². The van der Waals surface area contributed by atoms with Gasteiger partial charge in [0.2, 0.25) is 5.12 Å². The highest BCUT2D eigenvalue weighted by Crippen LogP contribution is 2.21. The fourth-order valence-electron chi connectivity index (χ4n) is 1.83. The van der Waals surface area contributed by atoms with E-state index < -0.39 is 0 Å². The molecular formula is C15H17ClN2OS. The van der Waals surface area contributed by atoms with E-state index in [0.717, 1.165) is 23.7 Å². The summed E-state index contributed by atoms with van der Waals surface area (Å²) in [6, 6.07) is 9.57. The largest absolute Gasteiger partial charge is 0.381 e. The molecule has 0 heterocycles. The lowest BCUT2D eigenvalue weighted by molar-refractivity contribution is -0.107. The summed E-state index contributed by atoms with van der Waals surface area (Å²) in [6.45, 7) is 3.80. The summed E-state index contributed by atoms with van der Waals surface area (Å²) in [5.74, 6) is 0. The van der Waals surface area contributed by atoms with Crippen molar-refractivity contribution in [1.82, 2.24) is 5.32 Å². The molecule has 0 saturated carbocycles. The molecule has 0 spiro atoms. The molecule has 0 fully saturated rings. The van der Waals surface area contributed by atoms with Crippen LogP contribution in [0.5, 0.6) is 0 Å². The number of hydrogen-bond donors (Lipinski definition) is 1. The number of rotatable bonds is 5. The van der Waals surface area contributed by atoms with Crippen LogP contribution >= 0.6 is 23.4 Å². The summed E-state index contributed by atoms with van der Waals surface area (Å²) in [5, 5.41) is 12.8. The van der Waals surface area contributed by atoms with Crippen molar-refractivity contribution in [2.75, 3.05) is 6.26 Å². The Bertz CT molecular complexity index is 546. The highest BCUT2D eigenvalue weighted by Gasteiger charge is 2.15. The molecule has 0 aliphatic heterocycles. The van der Waals surface area contributed by atoms with Crippen LogP contribution in [0.25, 0.3) is 0 Å². The van der Waals surface area contributed by atoms with Crippen LogP contribution in [0.1, 0.15) is 31.9 Å². The van der Waals surface area contributed by atoms with Gasteiger partial charge >= 0.3 is 0 Å². The molecule has 0 bridgehead atoms. The third-order valence-electron chi connectivity index (χ3n) is 2.95. The number of carbonyl (C=O) groups excluding carboxylic acids is 1. The van der Waals surface area contributed by atoms with Gasteiger partial charge in [0.15, 0.2) is 0 Å². The van der Waals surface area contributed by atoms with Gasteiger partial charge in [-0.3, -0.25) is 4.79 Å². The van der Waals surface area contributed by atoms with Crippen molar-refractivity contribution in [3.8, 4) is 6.07 Å². The van der Waals surface area contributed by atoms with Crippen LogP contribution in [0.3, 0.4) is 0 Å².